The van der Waals surface area contributed by atoms with E-state index in [1.165, 1.54) is 22.3 Å². The molecule has 4 heterocycles. The summed E-state index contributed by atoms with van der Waals surface area (Å²) in [4.78, 5) is 30.5. The lowest BCUT2D eigenvalue weighted by molar-refractivity contribution is 1.07. The highest BCUT2D eigenvalue weighted by atomic mass is 15.2. The van der Waals surface area contributed by atoms with Gasteiger partial charge in [-0.2, -0.15) is 0 Å². The third-order valence-corrected chi connectivity index (χ3v) is 12.2. The summed E-state index contributed by atoms with van der Waals surface area (Å²) in [6, 6.07) is 68.0. The Morgan fingerprint density at radius 2 is 0.672 bits per heavy atom. The average Bonchev–Trinajstić information content (AvgIpc) is 3.70. The number of aryl methyl sites for hydroxylation is 4. The normalized spacial score (nSPS) is 11.3. The maximum Gasteiger partial charge on any atom is 0.164 e. The van der Waals surface area contributed by atoms with Gasteiger partial charge in [0.05, 0.1) is 28.1 Å². The minimum atomic E-state index is 0.535. The lowest BCUT2D eigenvalue weighted by Gasteiger charge is -2.34. The molecule has 0 aliphatic heterocycles. The van der Waals surface area contributed by atoms with Crippen molar-refractivity contribution in [2.75, 3.05) is 9.80 Å². The summed E-state index contributed by atoms with van der Waals surface area (Å²) in [6.45, 7) is 8.49. The van der Waals surface area contributed by atoms with Crippen LogP contribution in [0.2, 0.25) is 0 Å². The fraction of sp³-hybridized carbons (Fsp3) is 0.0678. The van der Waals surface area contributed by atoms with Gasteiger partial charge in [-0.1, -0.05) is 131 Å². The van der Waals surface area contributed by atoms with E-state index in [1.807, 2.05) is 85.2 Å². The van der Waals surface area contributed by atoms with Crippen LogP contribution in [0.3, 0.4) is 0 Å². The van der Waals surface area contributed by atoms with E-state index in [0.29, 0.717) is 17.5 Å². The molecule has 0 aliphatic rings. The maximum atomic E-state index is 5.34. The minimum Gasteiger partial charge on any atom is -0.308 e. The van der Waals surface area contributed by atoms with Gasteiger partial charge in [0.15, 0.2) is 17.5 Å². The summed E-state index contributed by atoms with van der Waals surface area (Å²) in [5.41, 5.74) is 17.3. The van der Waals surface area contributed by atoms with Crippen molar-refractivity contribution in [1.29, 1.82) is 0 Å². The summed E-state index contributed by atoms with van der Waals surface area (Å²) in [5.74, 6) is 1.70. The zero-order chi connectivity index (χ0) is 45.4. The fourth-order valence-electron chi connectivity index (χ4n) is 8.76. The van der Waals surface area contributed by atoms with Gasteiger partial charge >= 0.3 is 0 Å². The first-order valence-electron chi connectivity index (χ1n) is 22.5. The highest BCUT2D eigenvalue weighted by Gasteiger charge is 2.30. The van der Waals surface area contributed by atoms with Crippen LogP contribution < -0.4 is 9.80 Å². The number of nitrogens with zero attached hydrogens (tertiary/aromatic N) is 8. The van der Waals surface area contributed by atoms with Gasteiger partial charge in [-0.25, -0.2) is 15.0 Å². The fourth-order valence-corrected chi connectivity index (χ4v) is 8.76. The molecule has 0 saturated carbocycles. The van der Waals surface area contributed by atoms with Crippen LogP contribution in [0.15, 0.2) is 207 Å². The van der Waals surface area contributed by atoms with Crippen LogP contribution in [0.4, 0.5) is 34.1 Å². The number of aromatic nitrogens is 6. The third-order valence-electron chi connectivity index (χ3n) is 12.2. The molecule has 0 saturated heterocycles. The molecule has 0 aliphatic carbocycles. The second kappa shape index (κ2) is 17.3. The lowest BCUT2D eigenvalue weighted by Crippen LogP contribution is -2.18. The Labute approximate surface area is 390 Å². The zero-order valence-corrected chi connectivity index (χ0v) is 37.7. The number of anilines is 6. The zero-order valence-electron chi connectivity index (χ0n) is 37.7. The van der Waals surface area contributed by atoms with Crippen LogP contribution in [0.5, 0.6) is 0 Å². The van der Waals surface area contributed by atoms with E-state index in [1.54, 1.807) is 0 Å². The molecule has 0 bridgehead atoms. The Morgan fingerprint density at radius 3 is 1.01 bits per heavy atom. The first kappa shape index (κ1) is 41.0. The molecule has 8 nitrogen and oxygen atoms in total. The Hall–Kier alpha value is -8.75. The van der Waals surface area contributed by atoms with Gasteiger partial charge in [0.2, 0.25) is 0 Å². The molecule has 322 valence electrons. The van der Waals surface area contributed by atoms with E-state index in [2.05, 4.69) is 163 Å². The van der Waals surface area contributed by atoms with Crippen molar-refractivity contribution >= 4 is 56.2 Å². The molecular weight excluding hydrogens is 821 g/mol. The number of pyridine rings is 2. The molecule has 4 aromatic heterocycles. The molecule has 7 aromatic carbocycles. The number of hydrogen-bond donors (Lipinski definition) is 0. The summed E-state index contributed by atoms with van der Waals surface area (Å²) >= 11 is 0. The molecule has 0 fully saturated rings. The molecule has 11 aromatic rings. The van der Waals surface area contributed by atoms with Crippen LogP contribution >= 0.6 is 0 Å². The molecule has 11 rings (SSSR count). The van der Waals surface area contributed by atoms with Gasteiger partial charge in [0.1, 0.15) is 11.0 Å². The lowest BCUT2D eigenvalue weighted by atomic mass is 10.0. The standard InChI is InChI=1S/C59H46N8/c1-39-19-27-46(28-20-39)65(47-29-21-40(2)22-30-47)52-37-45(59-63-57(43-13-7-5-8-14-43)62-58(64-59)44-15-9-6-10-16-44)38-53(66(48-31-23-41(3)24-32-48)49-33-25-42(4)26-34-49)56(52)67-50-17-11-35-60-54(50)55-51(67)18-12-36-61-55/h5-38H,1-4H3. The molecule has 0 amide bonds. The van der Waals surface area contributed by atoms with E-state index < -0.39 is 0 Å². The van der Waals surface area contributed by atoms with Crippen molar-refractivity contribution in [2.45, 2.75) is 27.7 Å². The molecule has 0 N–H and O–H groups in total. The summed E-state index contributed by atoms with van der Waals surface area (Å²) in [6.07, 6.45) is 3.69. The van der Waals surface area contributed by atoms with Gasteiger partial charge in [-0.3, -0.25) is 9.97 Å². The van der Waals surface area contributed by atoms with Gasteiger partial charge in [-0.05, 0) is 113 Å². The molecule has 0 atom stereocenters. The highest BCUT2D eigenvalue weighted by Crippen LogP contribution is 2.50. The summed E-state index contributed by atoms with van der Waals surface area (Å²) in [5, 5.41) is 0. The number of benzene rings is 7. The SMILES string of the molecule is Cc1ccc(N(c2ccc(C)cc2)c2cc(-c3nc(-c4ccccc4)nc(-c4ccccc4)n3)cc(N(c3ccc(C)cc3)c3ccc(C)cc3)c2-n2c3cccnc3c3ncccc32)cc1. The van der Waals surface area contributed by atoms with Crippen LogP contribution in [0.1, 0.15) is 22.3 Å². The quantitative estimate of drug-likeness (QED) is 0.135. The van der Waals surface area contributed by atoms with E-state index in [4.69, 9.17) is 24.9 Å². The van der Waals surface area contributed by atoms with Gasteiger partial charge in [0, 0.05) is 51.8 Å². The summed E-state index contributed by atoms with van der Waals surface area (Å²) in [7, 11) is 0. The maximum absolute atomic E-state index is 5.34. The van der Waals surface area contributed by atoms with Crippen molar-refractivity contribution in [3.05, 3.63) is 229 Å². The van der Waals surface area contributed by atoms with E-state index in [0.717, 1.165) is 78.6 Å². The largest absolute Gasteiger partial charge is 0.308 e. The Bertz CT molecular complexity index is 3210. The van der Waals surface area contributed by atoms with E-state index in [-0.39, 0.29) is 0 Å². The van der Waals surface area contributed by atoms with Gasteiger partial charge in [0.25, 0.3) is 0 Å². The first-order chi connectivity index (χ1) is 32.9. The Morgan fingerprint density at radius 1 is 0.343 bits per heavy atom. The Balaban J connectivity index is 1.34. The smallest absolute Gasteiger partial charge is 0.164 e. The molecule has 8 heteroatoms. The van der Waals surface area contributed by atoms with Gasteiger partial charge in [-0.15, -0.1) is 0 Å². The van der Waals surface area contributed by atoms with Crippen LogP contribution in [-0.2, 0) is 0 Å². The van der Waals surface area contributed by atoms with Crippen molar-refractivity contribution in [3.8, 4) is 39.9 Å². The second-order valence-corrected chi connectivity index (χ2v) is 17.0. The third kappa shape index (κ3) is 7.85. The van der Waals surface area contributed by atoms with Crippen molar-refractivity contribution < 1.29 is 0 Å². The summed E-state index contributed by atoms with van der Waals surface area (Å²) < 4.78 is 2.34. The Kier molecular flexibility index (Phi) is 10.6. The topological polar surface area (TPSA) is 75.9 Å². The number of rotatable bonds is 10. The van der Waals surface area contributed by atoms with Crippen LogP contribution in [-0.4, -0.2) is 29.5 Å². The average molecular weight is 867 g/mol. The van der Waals surface area contributed by atoms with Crippen LogP contribution in [0.25, 0.3) is 61.9 Å². The predicted molar refractivity (Wildman–Crippen MR) is 274 cm³/mol. The van der Waals surface area contributed by atoms with E-state index >= 15 is 0 Å². The monoisotopic (exact) mass is 866 g/mol. The first-order valence-corrected chi connectivity index (χ1v) is 22.5. The number of fused-ring (bicyclic) bond motifs is 3. The molecule has 67 heavy (non-hydrogen) atoms. The molecule has 0 radical (unpaired) electrons. The van der Waals surface area contributed by atoms with Gasteiger partial charge < -0.3 is 14.4 Å². The minimum absolute atomic E-state index is 0.535. The van der Waals surface area contributed by atoms with Crippen molar-refractivity contribution in [2.24, 2.45) is 0 Å². The molecular formula is C59H46N8. The molecule has 0 spiro atoms. The molecule has 0 unspecified atom stereocenters. The second-order valence-electron chi connectivity index (χ2n) is 17.0. The van der Waals surface area contributed by atoms with Crippen LogP contribution in [0, 0.1) is 27.7 Å². The van der Waals surface area contributed by atoms with Crippen molar-refractivity contribution in [1.82, 2.24) is 29.5 Å². The van der Waals surface area contributed by atoms with E-state index in [9.17, 15) is 0 Å². The number of hydrogen-bond acceptors (Lipinski definition) is 7. The predicted octanol–water partition coefficient (Wildman–Crippen LogP) is 14.9. The highest BCUT2D eigenvalue weighted by molar-refractivity contribution is 6.07. The van der Waals surface area contributed by atoms with Crippen molar-refractivity contribution in [3.63, 3.8) is 0 Å².